The van der Waals surface area contributed by atoms with E-state index in [9.17, 15) is 9.59 Å². The van der Waals surface area contributed by atoms with Crippen molar-refractivity contribution in [2.75, 3.05) is 7.11 Å². The lowest BCUT2D eigenvalue weighted by Crippen LogP contribution is -2.43. The van der Waals surface area contributed by atoms with Crippen LogP contribution in [0.4, 0.5) is 0 Å². The van der Waals surface area contributed by atoms with E-state index < -0.39 is 6.04 Å². The van der Waals surface area contributed by atoms with Gasteiger partial charge in [-0.2, -0.15) is 0 Å². The van der Waals surface area contributed by atoms with Crippen LogP contribution in [-0.2, 0) is 11.2 Å². The first kappa shape index (κ1) is 12.6. The zero-order chi connectivity index (χ0) is 13.1. The van der Waals surface area contributed by atoms with Gasteiger partial charge in [0.2, 0.25) is 5.91 Å². The summed E-state index contributed by atoms with van der Waals surface area (Å²) in [5.41, 5.74) is 1.70. The Morgan fingerprint density at radius 3 is 2.94 bits per heavy atom. The lowest BCUT2D eigenvalue weighted by molar-refractivity contribution is -0.121. The van der Waals surface area contributed by atoms with E-state index in [0.29, 0.717) is 24.2 Å². The van der Waals surface area contributed by atoms with Gasteiger partial charge in [0.1, 0.15) is 5.75 Å². The van der Waals surface area contributed by atoms with Gasteiger partial charge in [-0.1, -0.05) is 13.0 Å². The third-order valence-corrected chi connectivity index (χ3v) is 3.26. The summed E-state index contributed by atoms with van der Waals surface area (Å²) in [6, 6.07) is 5.14. The van der Waals surface area contributed by atoms with E-state index in [1.54, 1.807) is 20.1 Å². The molecule has 0 saturated heterocycles. The van der Waals surface area contributed by atoms with Crippen molar-refractivity contribution in [2.45, 2.75) is 32.2 Å². The molecule has 0 aliphatic heterocycles. The average molecular weight is 247 g/mol. The maximum Gasteiger partial charge on any atom is 0.220 e. The van der Waals surface area contributed by atoms with Crippen molar-refractivity contribution in [2.24, 2.45) is 0 Å². The maximum absolute atomic E-state index is 12.3. The first-order valence-corrected chi connectivity index (χ1v) is 6.16. The van der Waals surface area contributed by atoms with Crippen molar-refractivity contribution in [3.8, 4) is 5.75 Å². The van der Waals surface area contributed by atoms with Gasteiger partial charge in [-0.15, -0.1) is 0 Å². The topological polar surface area (TPSA) is 55.4 Å². The number of carbonyl (C=O) groups is 2. The number of ketones is 1. The van der Waals surface area contributed by atoms with E-state index in [0.717, 1.165) is 12.0 Å². The quantitative estimate of drug-likeness (QED) is 0.884. The smallest absolute Gasteiger partial charge is 0.220 e. The molecule has 96 valence electrons. The van der Waals surface area contributed by atoms with Crippen LogP contribution in [-0.4, -0.2) is 24.8 Å². The molecule has 0 heterocycles. The number of nitrogens with one attached hydrogen (secondary N) is 1. The van der Waals surface area contributed by atoms with Crippen LogP contribution in [0.25, 0.3) is 0 Å². The lowest BCUT2D eigenvalue weighted by Gasteiger charge is -2.24. The molecule has 1 aliphatic rings. The molecule has 1 aromatic rings. The Bertz CT molecular complexity index is 482. The molecule has 1 aliphatic carbocycles. The third kappa shape index (κ3) is 2.37. The summed E-state index contributed by atoms with van der Waals surface area (Å²) in [6.45, 7) is 1.78. The Morgan fingerprint density at radius 2 is 2.28 bits per heavy atom. The molecule has 2 rings (SSSR count). The number of benzene rings is 1. The second kappa shape index (κ2) is 5.21. The largest absolute Gasteiger partial charge is 0.497 e. The normalized spacial score (nSPS) is 18.1. The minimum absolute atomic E-state index is 0.0167. The van der Waals surface area contributed by atoms with Crippen molar-refractivity contribution in [1.29, 1.82) is 0 Å². The molecular formula is C14H17NO3. The summed E-state index contributed by atoms with van der Waals surface area (Å²) < 4.78 is 5.13. The number of fused-ring (bicyclic) bond motifs is 1. The van der Waals surface area contributed by atoms with E-state index in [-0.39, 0.29) is 11.7 Å². The SMILES string of the molecule is CCC(=O)N[C@@H]1CCc2ccc(OC)cc2C1=O. The van der Waals surface area contributed by atoms with Gasteiger partial charge in [0.05, 0.1) is 13.2 Å². The summed E-state index contributed by atoms with van der Waals surface area (Å²) in [5.74, 6) is 0.571. The highest BCUT2D eigenvalue weighted by Crippen LogP contribution is 2.25. The molecular weight excluding hydrogens is 230 g/mol. The van der Waals surface area contributed by atoms with Crippen LogP contribution in [0.15, 0.2) is 18.2 Å². The van der Waals surface area contributed by atoms with Crippen LogP contribution < -0.4 is 10.1 Å². The monoisotopic (exact) mass is 247 g/mol. The molecule has 1 atom stereocenters. The van der Waals surface area contributed by atoms with Gasteiger partial charge in [-0.3, -0.25) is 9.59 Å². The van der Waals surface area contributed by atoms with Crippen LogP contribution in [0.1, 0.15) is 35.7 Å². The number of hydrogen-bond acceptors (Lipinski definition) is 3. The summed E-state index contributed by atoms with van der Waals surface area (Å²) in [7, 11) is 1.57. The van der Waals surface area contributed by atoms with Crippen molar-refractivity contribution >= 4 is 11.7 Å². The lowest BCUT2D eigenvalue weighted by atomic mass is 9.87. The molecule has 0 aromatic heterocycles. The molecule has 1 N–H and O–H groups in total. The number of Topliss-reactive ketones (excluding diaryl/α,β-unsaturated/α-hetero) is 1. The second-order valence-corrected chi connectivity index (χ2v) is 4.40. The first-order chi connectivity index (χ1) is 8.65. The third-order valence-electron chi connectivity index (χ3n) is 3.26. The molecule has 0 saturated carbocycles. The fourth-order valence-corrected chi connectivity index (χ4v) is 2.18. The van der Waals surface area contributed by atoms with Crippen LogP contribution in [0.5, 0.6) is 5.75 Å². The summed E-state index contributed by atoms with van der Waals surface area (Å²) in [4.78, 5) is 23.6. The van der Waals surface area contributed by atoms with E-state index in [4.69, 9.17) is 4.74 Å². The highest BCUT2D eigenvalue weighted by atomic mass is 16.5. The molecule has 4 heteroatoms. The summed E-state index contributed by atoms with van der Waals surface area (Å²) in [6.07, 6.45) is 1.87. The van der Waals surface area contributed by atoms with Crippen LogP contribution in [0.3, 0.4) is 0 Å². The predicted octanol–water partition coefficient (Wildman–Crippen LogP) is 1.72. The molecule has 4 nitrogen and oxygen atoms in total. The van der Waals surface area contributed by atoms with Crippen molar-refractivity contribution < 1.29 is 14.3 Å². The molecule has 0 fully saturated rings. The van der Waals surface area contributed by atoms with Crippen molar-refractivity contribution in [1.82, 2.24) is 5.32 Å². The highest BCUT2D eigenvalue weighted by Gasteiger charge is 2.28. The number of rotatable bonds is 3. The minimum atomic E-state index is -0.392. The number of aryl methyl sites for hydroxylation is 1. The minimum Gasteiger partial charge on any atom is -0.497 e. The number of methoxy groups -OCH3 is 1. The molecule has 0 radical (unpaired) electrons. The van der Waals surface area contributed by atoms with Gasteiger partial charge in [-0.25, -0.2) is 0 Å². The molecule has 1 aromatic carbocycles. The Morgan fingerprint density at radius 1 is 1.50 bits per heavy atom. The van der Waals surface area contributed by atoms with E-state index in [1.165, 1.54) is 0 Å². The molecule has 0 bridgehead atoms. The number of amides is 1. The summed E-state index contributed by atoms with van der Waals surface area (Å²) in [5, 5.41) is 2.77. The highest BCUT2D eigenvalue weighted by molar-refractivity contribution is 6.04. The Kier molecular flexibility index (Phi) is 3.65. The van der Waals surface area contributed by atoms with Crippen LogP contribution >= 0.6 is 0 Å². The average Bonchev–Trinajstić information content (AvgIpc) is 2.41. The van der Waals surface area contributed by atoms with Gasteiger partial charge < -0.3 is 10.1 Å². The van der Waals surface area contributed by atoms with Gasteiger partial charge in [0.15, 0.2) is 5.78 Å². The number of hydrogen-bond donors (Lipinski definition) is 1. The van der Waals surface area contributed by atoms with Crippen LogP contribution in [0.2, 0.25) is 0 Å². The molecule has 0 unspecified atom stereocenters. The Labute approximate surface area is 106 Å². The van der Waals surface area contributed by atoms with Gasteiger partial charge in [0, 0.05) is 12.0 Å². The van der Waals surface area contributed by atoms with Gasteiger partial charge in [0.25, 0.3) is 0 Å². The molecule has 1 amide bonds. The fourth-order valence-electron chi connectivity index (χ4n) is 2.18. The van der Waals surface area contributed by atoms with E-state index in [1.807, 2.05) is 12.1 Å². The number of ether oxygens (including phenoxy) is 1. The van der Waals surface area contributed by atoms with E-state index >= 15 is 0 Å². The molecule has 0 spiro atoms. The van der Waals surface area contributed by atoms with Crippen LogP contribution in [0, 0.1) is 0 Å². The van der Waals surface area contributed by atoms with Crippen molar-refractivity contribution in [3.05, 3.63) is 29.3 Å². The number of carbonyl (C=O) groups excluding carboxylic acids is 2. The first-order valence-electron chi connectivity index (χ1n) is 6.16. The maximum atomic E-state index is 12.3. The standard InChI is InChI=1S/C14H17NO3/c1-3-13(16)15-12-7-5-9-4-6-10(18-2)8-11(9)14(12)17/h4,6,8,12H,3,5,7H2,1-2H3,(H,15,16)/t12-/m1/s1. The summed E-state index contributed by atoms with van der Waals surface area (Å²) >= 11 is 0. The van der Waals surface area contributed by atoms with Crippen molar-refractivity contribution in [3.63, 3.8) is 0 Å². The second-order valence-electron chi connectivity index (χ2n) is 4.40. The van der Waals surface area contributed by atoms with Gasteiger partial charge >= 0.3 is 0 Å². The van der Waals surface area contributed by atoms with E-state index in [2.05, 4.69) is 5.32 Å². The Hall–Kier alpha value is -1.84. The predicted molar refractivity (Wildman–Crippen MR) is 67.9 cm³/mol. The zero-order valence-electron chi connectivity index (χ0n) is 10.7. The zero-order valence-corrected chi connectivity index (χ0v) is 10.7. The molecule has 18 heavy (non-hydrogen) atoms. The van der Waals surface area contributed by atoms with Gasteiger partial charge in [-0.05, 0) is 30.5 Å². The Balaban J connectivity index is 2.23. The fraction of sp³-hybridized carbons (Fsp3) is 0.429.